The number of esters is 1. The molecule has 1 aliphatic rings. The van der Waals surface area contributed by atoms with Crippen LogP contribution in [0.4, 0.5) is 0 Å². The van der Waals surface area contributed by atoms with Crippen molar-refractivity contribution in [3.8, 4) is 0 Å². The second kappa shape index (κ2) is 48.5. The standard InChI is InChI=1S/C57H108O12S/c1-3-5-7-9-11-13-15-17-19-21-23-24-25-26-27-29-31-33-35-37-39-41-43-45-47-65-49-51(50-66-57-55(61)56(69-70(62,63)64)54(60)52(48-58)68-57)67-53(59)46-44-42-40-38-36-34-32-30-28-22-20-18-16-14-12-10-8-6-4-2/h18,20-21,23,51-52,54-58,60-61H,3-17,19,22,24-50H2,1-2H3,(H,62,63,64)/b20-18-,23-21-. The Bertz CT molecular complexity index is 1310. The van der Waals surface area contributed by atoms with Gasteiger partial charge >= 0.3 is 16.4 Å². The highest BCUT2D eigenvalue weighted by molar-refractivity contribution is 7.80. The van der Waals surface area contributed by atoms with Crippen molar-refractivity contribution in [2.24, 2.45) is 0 Å². The molecule has 0 aromatic carbocycles. The van der Waals surface area contributed by atoms with Crippen molar-refractivity contribution in [2.75, 3.05) is 26.4 Å². The lowest BCUT2D eigenvalue weighted by Crippen LogP contribution is -2.60. The van der Waals surface area contributed by atoms with Gasteiger partial charge in [0.25, 0.3) is 0 Å². The number of carbonyl (C=O) groups is 1. The van der Waals surface area contributed by atoms with Crippen molar-refractivity contribution in [1.29, 1.82) is 0 Å². The average molecular weight is 1020 g/mol. The summed E-state index contributed by atoms with van der Waals surface area (Å²) < 4.78 is 59.4. The summed E-state index contributed by atoms with van der Waals surface area (Å²) in [6.45, 7) is 4.04. The van der Waals surface area contributed by atoms with E-state index in [0.29, 0.717) is 13.0 Å². The summed E-state index contributed by atoms with van der Waals surface area (Å²) >= 11 is 0. The molecule has 0 aromatic rings. The normalized spacial score (nSPS) is 19.2. The van der Waals surface area contributed by atoms with Crippen LogP contribution in [0.2, 0.25) is 0 Å². The van der Waals surface area contributed by atoms with Crippen LogP contribution in [0, 0.1) is 0 Å². The predicted molar refractivity (Wildman–Crippen MR) is 285 cm³/mol. The van der Waals surface area contributed by atoms with E-state index in [1.165, 1.54) is 205 Å². The molecule has 0 spiro atoms. The first kappa shape index (κ1) is 66.6. The SMILES string of the molecule is CCCCCCCC/C=C\CCCCCCCCCCCC(=O)OC(COCCCCCCCCCCCCCC/C=C\CCCCCCCCCC)COC1OC(CO)C(O)C(OS(=O)(=O)O)C1O. The van der Waals surface area contributed by atoms with E-state index in [1.54, 1.807) is 0 Å². The van der Waals surface area contributed by atoms with Gasteiger partial charge in [0.15, 0.2) is 6.29 Å². The Morgan fingerprint density at radius 2 is 0.900 bits per heavy atom. The summed E-state index contributed by atoms with van der Waals surface area (Å²) in [7, 11) is -5.07. The number of aliphatic hydroxyl groups is 3. The summed E-state index contributed by atoms with van der Waals surface area (Å²) in [4.78, 5) is 12.9. The van der Waals surface area contributed by atoms with Gasteiger partial charge in [-0.15, -0.1) is 0 Å². The zero-order valence-electron chi connectivity index (χ0n) is 44.8. The van der Waals surface area contributed by atoms with Gasteiger partial charge in [0.1, 0.15) is 30.5 Å². The summed E-state index contributed by atoms with van der Waals surface area (Å²) in [5.74, 6) is -0.396. The Kier molecular flexibility index (Phi) is 46.2. The van der Waals surface area contributed by atoms with Gasteiger partial charge < -0.3 is 34.3 Å². The number of hydrogen-bond acceptors (Lipinski definition) is 11. The van der Waals surface area contributed by atoms with Crippen LogP contribution in [0.3, 0.4) is 0 Å². The third kappa shape index (κ3) is 41.0. The number of aliphatic hydroxyl groups excluding tert-OH is 3. The Morgan fingerprint density at radius 3 is 1.29 bits per heavy atom. The minimum absolute atomic E-state index is 0.0388. The quantitative estimate of drug-likeness (QED) is 0.0196. The fourth-order valence-electron chi connectivity index (χ4n) is 9.14. The Balaban J connectivity index is 2.28. The molecular weight excluding hydrogens is 909 g/mol. The molecule has 4 N–H and O–H groups in total. The second-order valence-corrected chi connectivity index (χ2v) is 21.3. The van der Waals surface area contributed by atoms with E-state index < -0.39 is 59.8 Å². The van der Waals surface area contributed by atoms with Crippen molar-refractivity contribution in [1.82, 2.24) is 0 Å². The summed E-state index contributed by atoms with van der Waals surface area (Å²) in [5.41, 5.74) is 0. The minimum Gasteiger partial charge on any atom is -0.457 e. The van der Waals surface area contributed by atoms with Gasteiger partial charge in [-0.25, -0.2) is 4.18 Å². The van der Waals surface area contributed by atoms with Crippen LogP contribution in [0.15, 0.2) is 24.3 Å². The highest BCUT2D eigenvalue weighted by atomic mass is 32.3. The molecule has 1 rings (SSSR count). The highest BCUT2D eigenvalue weighted by Crippen LogP contribution is 2.26. The molecule has 0 radical (unpaired) electrons. The maximum atomic E-state index is 12.9. The van der Waals surface area contributed by atoms with Crippen molar-refractivity contribution in [3.05, 3.63) is 24.3 Å². The largest absolute Gasteiger partial charge is 0.457 e. The van der Waals surface area contributed by atoms with Crippen LogP contribution in [0.1, 0.15) is 271 Å². The second-order valence-electron chi connectivity index (χ2n) is 20.2. The molecule has 0 aromatic heterocycles. The van der Waals surface area contributed by atoms with Crippen LogP contribution < -0.4 is 0 Å². The summed E-state index contributed by atoms with van der Waals surface area (Å²) in [5, 5.41) is 30.8. The molecule has 0 aliphatic carbocycles. The third-order valence-electron chi connectivity index (χ3n) is 13.5. The Morgan fingerprint density at radius 1 is 0.529 bits per heavy atom. The van der Waals surface area contributed by atoms with Crippen molar-refractivity contribution in [2.45, 2.75) is 307 Å². The van der Waals surface area contributed by atoms with Crippen LogP contribution in [0.5, 0.6) is 0 Å². The van der Waals surface area contributed by atoms with E-state index in [2.05, 4.69) is 42.3 Å². The van der Waals surface area contributed by atoms with E-state index in [9.17, 15) is 33.1 Å². The molecule has 0 saturated carbocycles. The van der Waals surface area contributed by atoms with Gasteiger partial charge in [0.05, 0.1) is 19.8 Å². The number of rotatable bonds is 52. The predicted octanol–water partition coefficient (Wildman–Crippen LogP) is 14.3. The van der Waals surface area contributed by atoms with Crippen molar-refractivity contribution < 1.29 is 56.2 Å². The maximum Gasteiger partial charge on any atom is 0.397 e. The van der Waals surface area contributed by atoms with Crippen LogP contribution in [0.25, 0.3) is 0 Å². The van der Waals surface area contributed by atoms with E-state index >= 15 is 0 Å². The summed E-state index contributed by atoms with van der Waals surface area (Å²) in [6, 6.07) is 0. The fourth-order valence-corrected chi connectivity index (χ4v) is 9.64. The number of hydrogen-bond donors (Lipinski definition) is 4. The highest BCUT2D eigenvalue weighted by Gasteiger charge is 2.48. The monoisotopic (exact) mass is 1020 g/mol. The molecule has 12 nitrogen and oxygen atoms in total. The van der Waals surface area contributed by atoms with Crippen LogP contribution in [-0.4, -0.2) is 97.5 Å². The fraction of sp³-hybridized carbons (Fsp3) is 0.912. The first-order valence-electron chi connectivity index (χ1n) is 29.1. The molecule has 414 valence electrons. The van der Waals surface area contributed by atoms with Gasteiger partial charge in [0, 0.05) is 13.0 Å². The number of carbonyl (C=O) groups excluding carboxylic acids is 1. The zero-order chi connectivity index (χ0) is 51.0. The smallest absolute Gasteiger partial charge is 0.397 e. The lowest BCUT2D eigenvalue weighted by molar-refractivity contribution is -0.301. The molecule has 6 atom stereocenters. The number of ether oxygens (including phenoxy) is 4. The van der Waals surface area contributed by atoms with E-state index in [-0.39, 0.29) is 19.6 Å². The molecule has 13 heteroatoms. The van der Waals surface area contributed by atoms with Gasteiger partial charge in [-0.05, 0) is 64.2 Å². The van der Waals surface area contributed by atoms with E-state index in [1.807, 2.05) is 0 Å². The Hall–Kier alpha value is -1.42. The molecule has 70 heavy (non-hydrogen) atoms. The van der Waals surface area contributed by atoms with Gasteiger partial charge in [0.2, 0.25) is 0 Å². The molecule has 0 bridgehead atoms. The first-order valence-corrected chi connectivity index (χ1v) is 30.5. The average Bonchev–Trinajstić information content (AvgIpc) is 3.34. The number of unbranched alkanes of at least 4 members (excludes halogenated alkanes) is 35. The molecular formula is C57H108O12S. The molecule has 6 unspecified atom stereocenters. The first-order chi connectivity index (χ1) is 34.1. The summed E-state index contributed by atoms with van der Waals surface area (Å²) in [6.07, 6.45) is 49.3. The topological polar surface area (TPSA) is 178 Å². The maximum absolute atomic E-state index is 12.9. The number of allylic oxidation sites excluding steroid dienone is 4. The molecule has 1 aliphatic heterocycles. The van der Waals surface area contributed by atoms with Gasteiger partial charge in [-0.2, -0.15) is 8.42 Å². The molecule has 1 fully saturated rings. The van der Waals surface area contributed by atoms with Gasteiger partial charge in [-0.3, -0.25) is 9.35 Å². The van der Waals surface area contributed by atoms with Crippen LogP contribution in [-0.2, 0) is 38.3 Å². The lowest BCUT2D eigenvalue weighted by atomic mass is 9.99. The zero-order valence-corrected chi connectivity index (χ0v) is 45.7. The van der Waals surface area contributed by atoms with Crippen molar-refractivity contribution >= 4 is 16.4 Å². The van der Waals surface area contributed by atoms with E-state index in [4.69, 9.17) is 18.9 Å². The van der Waals surface area contributed by atoms with Crippen LogP contribution >= 0.6 is 0 Å². The molecule has 1 heterocycles. The lowest BCUT2D eigenvalue weighted by Gasteiger charge is -2.41. The van der Waals surface area contributed by atoms with E-state index in [0.717, 1.165) is 38.5 Å². The molecule has 1 saturated heterocycles. The Labute approximate surface area is 429 Å². The third-order valence-corrected chi connectivity index (χ3v) is 14.0. The van der Waals surface area contributed by atoms with Gasteiger partial charge in [-0.1, -0.05) is 224 Å². The minimum atomic E-state index is -5.07. The van der Waals surface area contributed by atoms with Crippen molar-refractivity contribution in [3.63, 3.8) is 0 Å². The molecule has 0 amide bonds.